The Kier molecular flexibility index (Phi) is 9.34. The van der Waals surface area contributed by atoms with Crippen molar-refractivity contribution in [3.8, 4) is 0 Å². The van der Waals surface area contributed by atoms with E-state index < -0.39 is 52.0 Å². The highest BCUT2D eigenvalue weighted by Crippen LogP contribution is 2.57. The summed E-state index contributed by atoms with van der Waals surface area (Å²) in [6.07, 6.45) is -9.73. The number of benzene rings is 2. The van der Waals surface area contributed by atoms with Gasteiger partial charge in [0.05, 0.1) is 24.3 Å². The number of carbonyl (C=O) groups excluding carboxylic acids is 2. The van der Waals surface area contributed by atoms with Gasteiger partial charge in [-0.25, -0.2) is 9.59 Å². The third-order valence-electron chi connectivity index (χ3n) is 5.39. The fourth-order valence-corrected chi connectivity index (χ4v) is 3.60. The van der Waals surface area contributed by atoms with Crippen molar-refractivity contribution in [2.24, 2.45) is 0 Å². The summed E-state index contributed by atoms with van der Waals surface area (Å²) < 4.78 is 97.4. The summed E-state index contributed by atoms with van der Waals surface area (Å²) in [7, 11) is 0. The lowest BCUT2D eigenvalue weighted by Crippen LogP contribution is -2.55. The van der Waals surface area contributed by atoms with E-state index in [1.165, 1.54) is 0 Å². The van der Waals surface area contributed by atoms with Gasteiger partial charge in [0, 0.05) is 0 Å². The third kappa shape index (κ3) is 5.97. The smallest absolute Gasteiger partial charge is 0.411 e. The van der Waals surface area contributed by atoms with Gasteiger partial charge < -0.3 is 9.47 Å². The van der Waals surface area contributed by atoms with E-state index in [4.69, 9.17) is 9.47 Å². The van der Waals surface area contributed by atoms with E-state index in [-0.39, 0.29) is 13.2 Å². The third-order valence-corrected chi connectivity index (χ3v) is 5.39. The molecule has 10 heteroatoms. The van der Waals surface area contributed by atoms with Gasteiger partial charge in [-0.1, -0.05) is 57.0 Å². The molecule has 2 aromatic rings. The fourth-order valence-electron chi connectivity index (χ4n) is 3.60. The normalized spacial score (nSPS) is 12.3. The molecule has 0 unspecified atom stereocenters. The molecule has 0 atom stereocenters. The molecule has 0 heterocycles. The van der Waals surface area contributed by atoms with Crippen LogP contribution in [0.15, 0.2) is 48.5 Å². The molecule has 0 radical (unpaired) electrons. The number of ether oxygens (including phenoxy) is 2. The maximum absolute atomic E-state index is 14.6. The van der Waals surface area contributed by atoms with Crippen molar-refractivity contribution in [2.75, 3.05) is 13.2 Å². The van der Waals surface area contributed by atoms with E-state index in [0.29, 0.717) is 43.9 Å². The minimum absolute atomic E-state index is 0.0321. The number of alkyl halides is 6. The Morgan fingerprint density at radius 3 is 1.83 bits per heavy atom. The van der Waals surface area contributed by atoms with Crippen LogP contribution in [0.5, 0.6) is 0 Å². The van der Waals surface area contributed by atoms with Crippen LogP contribution in [0.1, 0.15) is 71.4 Å². The summed E-state index contributed by atoms with van der Waals surface area (Å²) in [4.78, 5) is 24.9. The van der Waals surface area contributed by atoms with Gasteiger partial charge in [-0.05, 0) is 42.2 Å². The Hall–Kier alpha value is -3.04. The highest BCUT2D eigenvalue weighted by molar-refractivity contribution is 5.92. The Morgan fingerprint density at radius 2 is 1.29 bits per heavy atom. The van der Waals surface area contributed by atoms with Crippen LogP contribution in [0, 0.1) is 0 Å². The number of hydrogen-bond donors (Lipinski definition) is 0. The maximum atomic E-state index is 14.6. The van der Waals surface area contributed by atoms with Crippen molar-refractivity contribution in [2.45, 2.75) is 57.3 Å². The minimum Gasteiger partial charge on any atom is -0.462 e. The predicted molar refractivity (Wildman–Crippen MR) is 116 cm³/mol. The molecular formula is C25H26F6O4. The average Bonchev–Trinajstić information content (AvgIpc) is 2.78. The van der Waals surface area contributed by atoms with E-state index in [1.54, 1.807) is 6.92 Å². The van der Waals surface area contributed by atoms with Crippen LogP contribution < -0.4 is 0 Å². The Labute approximate surface area is 199 Å². The SMILES string of the molecule is CCCCOC(=O)c1cccc(C(c2ccccc2C(=O)OCCCC)(C(F)(F)F)C(F)(F)F)c1. The summed E-state index contributed by atoms with van der Waals surface area (Å²) in [6, 6.07) is 6.71. The molecule has 35 heavy (non-hydrogen) atoms. The van der Waals surface area contributed by atoms with Crippen molar-refractivity contribution < 1.29 is 45.4 Å². The van der Waals surface area contributed by atoms with Crippen LogP contribution in [-0.2, 0) is 14.9 Å². The van der Waals surface area contributed by atoms with Gasteiger partial charge in [-0.15, -0.1) is 0 Å². The molecule has 0 saturated heterocycles. The lowest BCUT2D eigenvalue weighted by Gasteiger charge is -2.39. The van der Waals surface area contributed by atoms with Crippen molar-refractivity contribution >= 4 is 11.9 Å². The van der Waals surface area contributed by atoms with Crippen LogP contribution in [0.25, 0.3) is 0 Å². The lowest BCUT2D eigenvalue weighted by atomic mass is 9.71. The largest absolute Gasteiger partial charge is 0.462 e. The molecule has 0 N–H and O–H groups in total. The molecule has 0 fully saturated rings. The number of halogens is 6. The van der Waals surface area contributed by atoms with Crippen molar-refractivity contribution in [3.05, 3.63) is 70.8 Å². The lowest BCUT2D eigenvalue weighted by molar-refractivity contribution is -0.288. The molecule has 4 nitrogen and oxygen atoms in total. The molecule has 0 spiro atoms. The molecule has 0 aliphatic heterocycles. The molecule has 0 aliphatic rings. The zero-order chi connectivity index (χ0) is 26.3. The van der Waals surface area contributed by atoms with Gasteiger partial charge in [0.25, 0.3) is 0 Å². The second-order valence-corrected chi connectivity index (χ2v) is 7.85. The Balaban J connectivity index is 2.76. The first-order valence-corrected chi connectivity index (χ1v) is 11.1. The summed E-state index contributed by atoms with van der Waals surface area (Å²) in [5, 5.41) is 0. The number of unbranched alkanes of at least 4 members (excludes halogenated alkanes) is 2. The van der Waals surface area contributed by atoms with E-state index in [1.807, 2.05) is 6.92 Å². The molecular weight excluding hydrogens is 478 g/mol. The van der Waals surface area contributed by atoms with Gasteiger partial charge in [0.1, 0.15) is 0 Å². The second kappa shape index (κ2) is 11.6. The zero-order valence-electron chi connectivity index (χ0n) is 19.3. The minimum atomic E-state index is -5.93. The van der Waals surface area contributed by atoms with E-state index >= 15 is 0 Å². The quantitative estimate of drug-likeness (QED) is 0.198. The van der Waals surface area contributed by atoms with Crippen LogP contribution in [0.4, 0.5) is 26.3 Å². The number of carbonyl (C=O) groups is 2. The van der Waals surface area contributed by atoms with Crippen molar-refractivity contribution in [1.82, 2.24) is 0 Å². The highest BCUT2D eigenvalue weighted by Gasteiger charge is 2.73. The van der Waals surface area contributed by atoms with E-state index in [9.17, 15) is 35.9 Å². The van der Waals surface area contributed by atoms with Gasteiger partial charge in [-0.3, -0.25) is 0 Å². The average molecular weight is 504 g/mol. The summed E-state index contributed by atoms with van der Waals surface area (Å²) in [5.74, 6) is -2.35. The zero-order valence-corrected chi connectivity index (χ0v) is 19.3. The topological polar surface area (TPSA) is 52.6 Å². The number of rotatable bonds is 10. The summed E-state index contributed by atoms with van der Waals surface area (Å²) in [5.41, 5.74) is -8.55. The molecule has 2 rings (SSSR count). The molecule has 192 valence electrons. The first-order valence-electron chi connectivity index (χ1n) is 11.1. The predicted octanol–water partition coefficient (Wildman–Crippen LogP) is 7.01. The van der Waals surface area contributed by atoms with Gasteiger partial charge in [0.15, 0.2) is 0 Å². The fraction of sp³-hybridized carbons (Fsp3) is 0.440. The van der Waals surface area contributed by atoms with Crippen LogP contribution >= 0.6 is 0 Å². The van der Waals surface area contributed by atoms with Gasteiger partial charge in [-0.2, -0.15) is 26.3 Å². The molecule has 0 amide bonds. The van der Waals surface area contributed by atoms with Crippen molar-refractivity contribution in [1.29, 1.82) is 0 Å². The van der Waals surface area contributed by atoms with Crippen LogP contribution in [0.3, 0.4) is 0 Å². The second-order valence-electron chi connectivity index (χ2n) is 7.85. The first-order chi connectivity index (χ1) is 16.4. The van der Waals surface area contributed by atoms with E-state index in [0.717, 1.165) is 30.3 Å². The van der Waals surface area contributed by atoms with E-state index in [2.05, 4.69) is 0 Å². The Morgan fingerprint density at radius 1 is 0.743 bits per heavy atom. The standard InChI is InChI=1S/C25H26F6O4/c1-3-5-14-34-21(32)17-10-9-11-18(16-17)23(24(26,27)28,25(29,30)31)20-13-8-7-12-19(20)22(33)35-15-6-4-2/h7-13,16H,3-6,14-15H2,1-2H3. The summed E-state index contributed by atoms with van der Waals surface area (Å²) >= 11 is 0. The maximum Gasteiger partial charge on any atom is 0.411 e. The molecule has 0 aromatic heterocycles. The summed E-state index contributed by atoms with van der Waals surface area (Å²) in [6.45, 7) is 3.41. The number of esters is 2. The number of hydrogen-bond acceptors (Lipinski definition) is 4. The Bertz CT molecular complexity index is 1000. The molecule has 0 aliphatic carbocycles. The van der Waals surface area contributed by atoms with Crippen LogP contribution in [0.2, 0.25) is 0 Å². The molecule has 2 aromatic carbocycles. The molecule has 0 saturated carbocycles. The van der Waals surface area contributed by atoms with Crippen molar-refractivity contribution in [3.63, 3.8) is 0 Å². The van der Waals surface area contributed by atoms with Gasteiger partial charge in [0.2, 0.25) is 5.41 Å². The highest BCUT2D eigenvalue weighted by atomic mass is 19.4. The monoisotopic (exact) mass is 504 g/mol. The first kappa shape index (κ1) is 28.2. The molecule has 0 bridgehead atoms. The van der Waals surface area contributed by atoms with Gasteiger partial charge >= 0.3 is 24.3 Å². The van der Waals surface area contributed by atoms with Crippen LogP contribution in [-0.4, -0.2) is 37.5 Å².